The van der Waals surface area contributed by atoms with E-state index < -0.39 is 26.8 Å². The lowest BCUT2D eigenvalue weighted by atomic mass is 10.1. The predicted molar refractivity (Wildman–Crippen MR) is 57.2 cm³/mol. The van der Waals surface area contributed by atoms with E-state index in [9.17, 15) is 27.3 Å². The molecule has 0 aromatic rings. The van der Waals surface area contributed by atoms with E-state index in [0.29, 0.717) is 19.4 Å². The van der Waals surface area contributed by atoms with Crippen molar-refractivity contribution in [3.8, 4) is 0 Å². The average Bonchev–Trinajstić information content (AvgIpc) is 1.97. The molecule has 104 valence electrons. The molecule has 0 amide bonds. The van der Waals surface area contributed by atoms with Crippen LogP contribution in [0.15, 0.2) is 0 Å². The Morgan fingerprint density at radius 3 is 1.94 bits per heavy atom. The summed E-state index contributed by atoms with van der Waals surface area (Å²) in [4.78, 5) is 18.6. The quantitative estimate of drug-likeness (QED) is 0.284. The molecule has 1 atom stereocenters. The normalized spacial score (nSPS) is 29.5. The SMILES string of the molecule is C[N+]1(C)CCCCC1(P(=O)(O)O)S(=O)(=O)O.[Cl-]. The van der Waals surface area contributed by atoms with Crippen LogP contribution in [0.1, 0.15) is 19.3 Å². The number of nitrogens with zero attached hydrogens (tertiary/aromatic N) is 1. The van der Waals surface area contributed by atoms with Crippen molar-refractivity contribution in [1.82, 2.24) is 0 Å². The van der Waals surface area contributed by atoms with Crippen molar-refractivity contribution < 1.29 is 44.2 Å². The summed E-state index contributed by atoms with van der Waals surface area (Å²) in [5.74, 6) is 0. The van der Waals surface area contributed by atoms with Gasteiger partial charge >= 0.3 is 22.3 Å². The molecule has 0 aromatic heterocycles. The molecule has 1 aliphatic heterocycles. The third-order valence-electron chi connectivity index (χ3n) is 3.28. The Kier molecular flexibility index (Phi) is 4.86. The number of hydrogen-bond donors (Lipinski definition) is 3. The van der Waals surface area contributed by atoms with E-state index in [2.05, 4.69) is 0 Å². The van der Waals surface area contributed by atoms with E-state index in [-0.39, 0.29) is 18.8 Å². The molecule has 1 rings (SSSR count). The van der Waals surface area contributed by atoms with E-state index in [0.717, 1.165) is 0 Å². The van der Waals surface area contributed by atoms with Crippen LogP contribution in [0.3, 0.4) is 0 Å². The highest BCUT2D eigenvalue weighted by atomic mass is 35.5. The van der Waals surface area contributed by atoms with Crippen LogP contribution >= 0.6 is 7.60 Å². The average molecular weight is 310 g/mol. The highest BCUT2D eigenvalue weighted by molar-refractivity contribution is 7.94. The van der Waals surface area contributed by atoms with E-state index >= 15 is 0 Å². The zero-order valence-electron chi connectivity index (χ0n) is 9.58. The summed E-state index contributed by atoms with van der Waals surface area (Å²) >= 11 is 0. The molecule has 0 aromatic carbocycles. The second-order valence-electron chi connectivity index (χ2n) is 4.63. The molecule has 1 unspecified atom stereocenters. The fourth-order valence-corrected chi connectivity index (χ4v) is 6.00. The largest absolute Gasteiger partial charge is 1.00 e. The summed E-state index contributed by atoms with van der Waals surface area (Å²) in [5.41, 5.74) is 0. The van der Waals surface area contributed by atoms with Crippen molar-refractivity contribution in [3.05, 3.63) is 0 Å². The number of hydrogen-bond acceptors (Lipinski definition) is 3. The smallest absolute Gasteiger partial charge is 0.404 e. The Bertz CT molecular complexity index is 432. The molecular weight excluding hydrogens is 293 g/mol. The van der Waals surface area contributed by atoms with Crippen LogP contribution in [-0.2, 0) is 14.7 Å². The molecule has 7 nitrogen and oxygen atoms in total. The first-order valence-electron chi connectivity index (χ1n) is 4.81. The van der Waals surface area contributed by atoms with Crippen LogP contribution in [-0.4, -0.2) is 52.5 Å². The minimum Gasteiger partial charge on any atom is -1.00 e. The number of halogens is 1. The van der Waals surface area contributed by atoms with Crippen molar-refractivity contribution >= 4 is 17.7 Å². The first-order chi connectivity index (χ1) is 6.96. The third-order valence-corrected chi connectivity index (χ3v) is 7.89. The molecule has 1 heterocycles. The van der Waals surface area contributed by atoms with E-state index in [1.54, 1.807) is 0 Å². The Morgan fingerprint density at radius 1 is 1.24 bits per heavy atom. The molecule has 0 spiro atoms. The number of quaternary nitrogens is 1. The number of rotatable bonds is 2. The lowest BCUT2D eigenvalue weighted by Gasteiger charge is -2.48. The van der Waals surface area contributed by atoms with Gasteiger partial charge in [-0.1, -0.05) is 0 Å². The maximum absolute atomic E-state index is 11.5. The van der Waals surface area contributed by atoms with Gasteiger partial charge in [0.05, 0.1) is 20.6 Å². The zero-order chi connectivity index (χ0) is 12.8. The minimum atomic E-state index is -4.98. The molecule has 3 N–H and O–H groups in total. The van der Waals surface area contributed by atoms with Gasteiger partial charge in [0, 0.05) is 6.42 Å². The summed E-state index contributed by atoms with van der Waals surface area (Å²) in [5, 5.41) is 0. The van der Waals surface area contributed by atoms with E-state index in [1.165, 1.54) is 14.1 Å². The highest BCUT2D eigenvalue weighted by Crippen LogP contribution is 2.61. The van der Waals surface area contributed by atoms with Gasteiger partial charge in [0.2, 0.25) is 0 Å². The predicted octanol–water partition coefficient (Wildman–Crippen LogP) is -3.03. The molecule has 0 saturated carbocycles. The Balaban J connectivity index is 0.00000256. The van der Waals surface area contributed by atoms with Crippen molar-refractivity contribution in [2.45, 2.75) is 23.9 Å². The molecule has 1 saturated heterocycles. The fraction of sp³-hybridized carbons (Fsp3) is 1.00. The van der Waals surface area contributed by atoms with Crippen LogP contribution in [0.2, 0.25) is 0 Å². The van der Waals surface area contributed by atoms with Gasteiger partial charge in [0.25, 0.3) is 0 Å². The Labute approximate surface area is 107 Å². The zero-order valence-corrected chi connectivity index (χ0v) is 12.0. The molecule has 17 heavy (non-hydrogen) atoms. The molecule has 0 aliphatic carbocycles. The minimum absolute atomic E-state index is 0. The van der Waals surface area contributed by atoms with Crippen LogP contribution in [0, 0.1) is 0 Å². The van der Waals surface area contributed by atoms with Crippen molar-refractivity contribution in [1.29, 1.82) is 0 Å². The molecule has 0 radical (unpaired) electrons. The monoisotopic (exact) mass is 309 g/mol. The van der Waals surface area contributed by atoms with E-state index in [1.807, 2.05) is 0 Å². The van der Waals surface area contributed by atoms with Gasteiger partial charge in [-0.2, -0.15) is 8.42 Å². The van der Waals surface area contributed by atoms with Gasteiger partial charge in [0.15, 0.2) is 0 Å². The van der Waals surface area contributed by atoms with Gasteiger partial charge < -0.3 is 22.2 Å². The van der Waals surface area contributed by atoms with Gasteiger partial charge in [-0.15, -0.1) is 0 Å². The van der Waals surface area contributed by atoms with Crippen molar-refractivity contribution in [3.63, 3.8) is 0 Å². The molecule has 0 bridgehead atoms. The number of piperidine rings is 1. The maximum Gasteiger partial charge on any atom is 0.404 e. The van der Waals surface area contributed by atoms with Gasteiger partial charge in [-0.25, -0.2) is 0 Å². The fourth-order valence-electron chi connectivity index (χ4n) is 2.43. The molecule has 1 aliphatic rings. The summed E-state index contributed by atoms with van der Waals surface area (Å²) in [6.45, 7) is 0.297. The summed E-state index contributed by atoms with van der Waals surface area (Å²) in [6.07, 6.45) is 0.806. The first-order valence-corrected chi connectivity index (χ1v) is 7.87. The summed E-state index contributed by atoms with van der Waals surface area (Å²) < 4.78 is 40.7. The van der Waals surface area contributed by atoms with Crippen molar-refractivity contribution in [2.24, 2.45) is 0 Å². The standard InChI is InChI=1S/C7H16NO6PS.ClH/c1-8(2)6-4-3-5-7(8,15(9,10)11)16(12,13)14;/h3-6H2,1-2H3,(H2-,9,10,11,12,13,14);1H. The van der Waals surface area contributed by atoms with Crippen LogP contribution in [0.4, 0.5) is 0 Å². The topological polar surface area (TPSA) is 112 Å². The Hall–Kier alpha value is 0.310. The number of likely N-dealkylation sites (tertiary alicyclic amines) is 1. The van der Waals surface area contributed by atoms with Crippen LogP contribution < -0.4 is 12.4 Å². The molecule has 1 fully saturated rings. The van der Waals surface area contributed by atoms with Crippen molar-refractivity contribution in [2.75, 3.05) is 20.6 Å². The van der Waals surface area contributed by atoms with Crippen LogP contribution in [0.25, 0.3) is 0 Å². The van der Waals surface area contributed by atoms with E-state index in [4.69, 9.17) is 0 Å². The highest BCUT2D eigenvalue weighted by Gasteiger charge is 2.69. The van der Waals surface area contributed by atoms with Crippen LogP contribution in [0.5, 0.6) is 0 Å². The summed E-state index contributed by atoms with van der Waals surface area (Å²) in [6, 6.07) is 0. The molecular formula is C7H17ClNO6PS. The second-order valence-corrected chi connectivity index (χ2v) is 8.38. The lowest BCUT2D eigenvalue weighted by Crippen LogP contribution is -3.00. The van der Waals surface area contributed by atoms with Gasteiger partial charge in [0.1, 0.15) is 0 Å². The van der Waals surface area contributed by atoms with Gasteiger partial charge in [-0.05, 0) is 12.8 Å². The van der Waals surface area contributed by atoms with Gasteiger partial charge in [-0.3, -0.25) is 13.6 Å². The second kappa shape index (κ2) is 4.77. The third kappa shape index (κ3) is 2.53. The first kappa shape index (κ1) is 17.3. The lowest BCUT2D eigenvalue weighted by molar-refractivity contribution is -0.918. The summed E-state index contributed by atoms with van der Waals surface area (Å²) in [7, 11) is -7.01. The maximum atomic E-state index is 11.5. The Morgan fingerprint density at radius 2 is 1.71 bits per heavy atom. The molecule has 10 heteroatoms.